The summed E-state index contributed by atoms with van der Waals surface area (Å²) in [7, 11) is 0. The quantitative estimate of drug-likeness (QED) is 0.277. The topological polar surface area (TPSA) is 48.8 Å². The minimum atomic E-state index is -5.09. The summed E-state index contributed by atoms with van der Waals surface area (Å²) in [6.45, 7) is -2.14. The maximum absolute atomic E-state index is 12.8. The van der Waals surface area contributed by atoms with Gasteiger partial charge in [-0.25, -0.2) is 0 Å². The van der Waals surface area contributed by atoms with E-state index in [0.29, 0.717) is 16.0 Å². The van der Waals surface area contributed by atoms with Crippen LogP contribution >= 0.6 is 12.6 Å². The van der Waals surface area contributed by atoms with Gasteiger partial charge in [-0.15, -0.1) is 18.1 Å². The molecular weight excluding hydrogens is 289 g/mol. The predicted molar refractivity (Wildman–Crippen MR) is 64.7 cm³/mol. The van der Waals surface area contributed by atoms with E-state index in [2.05, 4.69) is 22.7 Å². The first-order valence-electron chi connectivity index (χ1n) is 4.81. The van der Waals surface area contributed by atoms with Crippen molar-refractivity contribution in [3.8, 4) is 0 Å². The molecular formula is C9H10BF3KN3S. The molecule has 0 aliphatic heterocycles. The molecule has 0 heterocycles. The number of rotatable bonds is 3. The summed E-state index contributed by atoms with van der Waals surface area (Å²) in [5.41, 5.74) is 8.60. The molecule has 1 aromatic rings. The van der Waals surface area contributed by atoms with E-state index in [-0.39, 0.29) is 63.5 Å². The third kappa shape index (κ3) is 4.19. The zero-order valence-electron chi connectivity index (χ0n) is 10.3. The van der Waals surface area contributed by atoms with Crippen molar-refractivity contribution in [3.63, 3.8) is 0 Å². The fourth-order valence-electron chi connectivity index (χ4n) is 1.59. The average molecular weight is 299 g/mol. The molecule has 0 saturated carbocycles. The van der Waals surface area contributed by atoms with Crippen LogP contribution < -0.4 is 56.8 Å². The Morgan fingerprint density at radius 2 is 1.89 bits per heavy atom. The first-order chi connectivity index (χ1) is 7.79. The van der Waals surface area contributed by atoms with Crippen LogP contribution in [0.2, 0.25) is 0 Å². The molecule has 0 aromatic heterocycles. The van der Waals surface area contributed by atoms with Crippen LogP contribution in [-0.2, 0) is 6.54 Å². The van der Waals surface area contributed by atoms with Crippen molar-refractivity contribution in [2.75, 3.05) is 0 Å². The zero-order chi connectivity index (χ0) is 13.2. The van der Waals surface area contributed by atoms with Crippen LogP contribution in [0.5, 0.6) is 0 Å². The van der Waals surface area contributed by atoms with Gasteiger partial charge in [0.15, 0.2) is 0 Å². The molecule has 3 nitrogen and oxygen atoms in total. The summed E-state index contributed by atoms with van der Waals surface area (Å²) in [6.07, 6.45) is 0. The normalized spacial score (nSPS) is 10.6. The second-order valence-electron chi connectivity index (χ2n) is 3.69. The van der Waals surface area contributed by atoms with E-state index in [1.54, 1.807) is 6.92 Å². The summed E-state index contributed by atoms with van der Waals surface area (Å²) in [5, 5.41) is 3.28. The molecule has 18 heavy (non-hydrogen) atoms. The molecule has 1 aromatic carbocycles. The van der Waals surface area contributed by atoms with Gasteiger partial charge < -0.3 is 12.9 Å². The van der Waals surface area contributed by atoms with E-state index in [0.717, 1.165) is 6.07 Å². The number of hydrogen-bond acceptors (Lipinski definition) is 2. The van der Waals surface area contributed by atoms with Gasteiger partial charge in [0.05, 0.1) is 6.54 Å². The number of hydrogen-bond donors (Lipinski definition) is 1. The molecule has 92 valence electrons. The molecule has 0 fully saturated rings. The van der Waals surface area contributed by atoms with E-state index in [4.69, 9.17) is 5.53 Å². The van der Waals surface area contributed by atoms with E-state index in [1.165, 1.54) is 6.92 Å². The van der Waals surface area contributed by atoms with Crippen LogP contribution in [0.25, 0.3) is 10.4 Å². The number of nitrogens with zero attached hydrogens (tertiary/aromatic N) is 3. The Kier molecular flexibility index (Phi) is 7.38. The Morgan fingerprint density at radius 3 is 2.33 bits per heavy atom. The number of thiol groups is 1. The maximum atomic E-state index is 12.8. The zero-order valence-corrected chi connectivity index (χ0v) is 14.3. The van der Waals surface area contributed by atoms with E-state index < -0.39 is 12.4 Å². The molecule has 9 heteroatoms. The maximum Gasteiger partial charge on any atom is 1.00 e. The Balaban J connectivity index is 0.00000289. The van der Waals surface area contributed by atoms with Crippen molar-refractivity contribution in [1.82, 2.24) is 0 Å². The number of benzene rings is 1. The Bertz CT molecular complexity index is 501. The van der Waals surface area contributed by atoms with Crippen LogP contribution in [0.3, 0.4) is 0 Å². The van der Waals surface area contributed by atoms with Gasteiger partial charge in [0.25, 0.3) is 0 Å². The van der Waals surface area contributed by atoms with Crippen LogP contribution in [0, 0.1) is 13.8 Å². The molecule has 0 amide bonds. The Hall–Kier alpha value is 0.371. The second-order valence-corrected chi connectivity index (χ2v) is 4.13. The molecule has 0 N–H and O–H groups in total. The van der Waals surface area contributed by atoms with Crippen molar-refractivity contribution in [2.45, 2.75) is 25.3 Å². The van der Waals surface area contributed by atoms with Crippen molar-refractivity contribution in [3.05, 3.63) is 33.2 Å². The fourth-order valence-corrected chi connectivity index (χ4v) is 1.86. The third-order valence-corrected chi connectivity index (χ3v) is 3.28. The van der Waals surface area contributed by atoms with Gasteiger partial charge in [-0.3, -0.25) is 0 Å². The minimum Gasteiger partial charge on any atom is -0.445 e. The third-order valence-electron chi connectivity index (χ3n) is 2.61. The predicted octanol–water partition coefficient (Wildman–Crippen LogP) is 0.461. The van der Waals surface area contributed by atoms with Gasteiger partial charge >= 0.3 is 58.4 Å². The molecule has 0 aliphatic carbocycles. The van der Waals surface area contributed by atoms with Crippen LogP contribution in [0.4, 0.5) is 12.9 Å². The van der Waals surface area contributed by atoms with Gasteiger partial charge in [-0.1, -0.05) is 16.7 Å². The number of azide groups is 1. The molecule has 0 bridgehead atoms. The van der Waals surface area contributed by atoms with Gasteiger partial charge in [-0.2, -0.15) is 0 Å². The minimum absolute atomic E-state index is 0. The first-order valence-corrected chi connectivity index (χ1v) is 5.26. The smallest absolute Gasteiger partial charge is 0.445 e. The second kappa shape index (κ2) is 7.23. The van der Waals surface area contributed by atoms with Crippen LogP contribution in [-0.4, -0.2) is 6.98 Å². The summed E-state index contributed by atoms with van der Waals surface area (Å²) < 4.78 is 38.4. The fraction of sp³-hybridized carbons (Fsp3) is 0.333. The average Bonchev–Trinajstić information content (AvgIpc) is 2.23. The van der Waals surface area contributed by atoms with Crippen molar-refractivity contribution in [2.24, 2.45) is 5.11 Å². The standard InChI is InChI=1S/C9H10BF3N3S.K/c1-5-7(4-15-16-14)3-8(10(11,12)13)6(2)9(5)17;/h3,17H,4H2,1-2H3;/q-1;+1. The Labute approximate surface area is 151 Å². The SMILES string of the molecule is Cc1c(CN=[N+]=[N-])cc([B-](F)(F)F)c(C)c1S.[K+]. The summed E-state index contributed by atoms with van der Waals surface area (Å²) in [4.78, 5) is 2.84. The van der Waals surface area contributed by atoms with Crippen molar-refractivity contribution < 1.29 is 64.3 Å². The molecule has 1 rings (SSSR count). The monoisotopic (exact) mass is 299 g/mol. The van der Waals surface area contributed by atoms with Crippen molar-refractivity contribution in [1.29, 1.82) is 0 Å². The van der Waals surface area contributed by atoms with Crippen LogP contribution in [0.15, 0.2) is 16.1 Å². The molecule has 0 radical (unpaired) electrons. The molecule has 0 unspecified atom stereocenters. The molecule has 0 aliphatic rings. The number of halogens is 3. The first kappa shape index (κ1) is 18.4. The van der Waals surface area contributed by atoms with Gasteiger partial charge in [0.2, 0.25) is 0 Å². The summed E-state index contributed by atoms with van der Waals surface area (Å²) >= 11 is 4.08. The summed E-state index contributed by atoms with van der Waals surface area (Å²) in [6, 6.07) is 1.04. The van der Waals surface area contributed by atoms with Gasteiger partial charge in [-0.05, 0) is 30.5 Å². The van der Waals surface area contributed by atoms with E-state index >= 15 is 0 Å². The van der Waals surface area contributed by atoms with Crippen LogP contribution in [0.1, 0.15) is 16.7 Å². The molecule has 0 spiro atoms. The molecule has 0 atom stereocenters. The van der Waals surface area contributed by atoms with Crippen molar-refractivity contribution >= 4 is 25.1 Å². The van der Waals surface area contributed by atoms with E-state index in [1.807, 2.05) is 0 Å². The van der Waals surface area contributed by atoms with E-state index in [9.17, 15) is 12.9 Å². The molecule has 0 saturated heterocycles. The van der Waals surface area contributed by atoms with Gasteiger partial charge in [0.1, 0.15) is 0 Å². The summed E-state index contributed by atoms with van der Waals surface area (Å²) in [5.74, 6) is 0. The van der Waals surface area contributed by atoms with Gasteiger partial charge in [0, 0.05) is 9.81 Å². The largest absolute Gasteiger partial charge is 1.00 e. The Morgan fingerprint density at radius 1 is 1.33 bits per heavy atom.